The first kappa shape index (κ1) is 11.1. The molecule has 0 aliphatic heterocycles. The standard InChI is InChI=1S/C12H13N3O2/c13-12(16)15-11-3-1-2-10(6-11)14-7-9-4-5-17-8-9/h1-6,8,14H,7H2,(H3,13,15,16). The molecule has 1 heterocycles. The van der Waals surface area contributed by atoms with Crippen LogP contribution in [0, 0.1) is 0 Å². The molecular formula is C12H13N3O2. The van der Waals surface area contributed by atoms with Gasteiger partial charge in [-0.2, -0.15) is 0 Å². The number of rotatable bonds is 4. The number of carbonyl (C=O) groups is 1. The number of carbonyl (C=O) groups excluding carboxylic acids is 1. The van der Waals surface area contributed by atoms with Crippen molar-refractivity contribution in [3.05, 3.63) is 48.4 Å². The molecule has 0 saturated heterocycles. The molecule has 4 N–H and O–H groups in total. The highest BCUT2D eigenvalue weighted by molar-refractivity contribution is 5.88. The number of primary amides is 1. The lowest BCUT2D eigenvalue weighted by atomic mass is 10.2. The molecule has 2 rings (SSSR count). The quantitative estimate of drug-likeness (QED) is 0.755. The van der Waals surface area contributed by atoms with Crippen LogP contribution in [0.25, 0.3) is 0 Å². The molecule has 88 valence electrons. The van der Waals surface area contributed by atoms with Gasteiger partial charge in [-0.15, -0.1) is 0 Å². The Morgan fingerprint density at radius 3 is 2.82 bits per heavy atom. The average Bonchev–Trinajstić information content (AvgIpc) is 2.79. The summed E-state index contributed by atoms with van der Waals surface area (Å²) in [6.45, 7) is 0.663. The number of anilines is 2. The summed E-state index contributed by atoms with van der Waals surface area (Å²) in [5.41, 5.74) is 7.66. The molecule has 0 fully saturated rings. The molecule has 1 aromatic carbocycles. The predicted octanol–water partition coefficient (Wildman–Crippen LogP) is 2.38. The third kappa shape index (κ3) is 3.27. The van der Waals surface area contributed by atoms with Crippen LogP contribution in [-0.4, -0.2) is 6.03 Å². The molecule has 2 aromatic rings. The first-order chi connectivity index (χ1) is 8.24. The zero-order valence-corrected chi connectivity index (χ0v) is 9.14. The van der Waals surface area contributed by atoms with Gasteiger partial charge in [0, 0.05) is 23.5 Å². The van der Waals surface area contributed by atoms with Gasteiger partial charge in [-0.05, 0) is 24.3 Å². The van der Waals surface area contributed by atoms with Crippen molar-refractivity contribution in [2.45, 2.75) is 6.54 Å². The SMILES string of the molecule is NC(=O)Nc1cccc(NCc2ccoc2)c1. The Morgan fingerprint density at radius 1 is 1.29 bits per heavy atom. The van der Waals surface area contributed by atoms with Crippen molar-refractivity contribution >= 4 is 17.4 Å². The Morgan fingerprint density at radius 2 is 2.12 bits per heavy atom. The van der Waals surface area contributed by atoms with E-state index in [0.717, 1.165) is 11.3 Å². The van der Waals surface area contributed by atoms with Crippen LogP contribution < -0.4 is 16.4 Å². The minimum absolute atomic E-state index is 0.572. The summed E-state index contributed by atoms with van der Waals surface area (Å²) in [6.07, 6.45) is 3.31. The van der Waals surface area contributed by atoms with Gasteiger partial charge in [0.15, 0.2) is 0 Å². The summed E-state index contributed by atoms with van der Waals surface area (Å²) in [7, 11) is 0. The molecule has 5 heteroatoms. The molecule has 0 saturated carbocycles. The Bertz CT molecular complexity index is 494. The third-order valence-corrected chi connectivity index (χ3v) is 2.21. The van der Waals surface area contributed by atoms with E-state index in [9.17, 15) is 4.79 Å². The van der Waals surface area contributed by atoms with E-state index >= 15 is 0 Å². The molecule has 2 amide bonds. The van der Waals surface area contributed by atoms with Gasteiger partial charge in [-0.3, -0.25) is 0 Å². The molecule has 0 aliphatic carbocycles. The highest BCUT2D eigenvalue weighted by atomic mass is 16.3. The normalized spacial score (nSPS) is 9.88. The maximum absolute atomic E-state index is 10.7. The van der Waals surface area contributed by atoms with Crippen molar-refractivity contribution in [1.29, 1.82) is 0 Å². The van der Waals surface area contributed by atoms with Gasteiger partial charge >= 0.3 is 6.03 Å². The zero-order valence-electron chi connectivity index (χ0n) is 9.14. The van der Waals surface area contributed by atoms with Crippen LogP contribution in [0.3, 0.4) is 0 Å². The fraction of sp³-hybridized carbons (Fsp3) is 0.0833. The maximum atomic E-state index is 10.7. The van der Waals surface area contributed by atoms with Crippen molar-refractivity contribution in [3.8, 4) is 0 Å². The number of hydrogen-bond donors (Lipinski definition) is 3. The third-order valence-electron chi connectivity index (χ3n) is 2.21. The van der Waals surface area contributed by atoms with Gasteiger partial charge < -0.3 is 20.8 Å². The van der Waals surface area contributed by atoms with E-state index in [2.05, 4.69) is 10.6 Å². The topological polar surface area (TPSA) is 80.3 Å². The minimum Gasteiger partial charge on any atom is -0.472 e. The fourth-order valence-corrected chi connectivity index (χ4v) is 1.45. The van der Waals surface area contributed by atoms with Crippen molar-refractivity contribution in [3.63, 3.8) is 0 Å². The number of nitrogens with one attached hydrogen (secondary N) is 2. The lowest BCUT2D eigenvalue weighted by Gasteiger charge is -2.07. The highest BCUT2D eigenvalue weighted by Crippen LogP contribution is 2.15. The molecule has 0 spiro atoms. The Labute approximate surface area is 98.6 Å². The fourth-order valence-electron chi connectivity index (χ4n) is 1.45. The summed E-state index contributed by atoms with van der Waals surface area (Å²) in [4.78, 5) is 10.7. The van der Waals surface area contributed by atoms with Crippen molar-refractivity contribution < 1.29 is 9.21 Å². The monoisotopic (exact) mass is 231 g/mol. The van der Waals surface area contributed by atoms with Crippen molar-refractivity contribution in [1.82, 2.24) is 0 Å². The van der Waals surface area contributed by atoms with Crippen LogP contribution in [0.2, 0.25) is 0 Å². The molecule has 0 unspecified atom stereocenters. The molecule has 0 atom stereocenters. The van der Waals surface area contributed by atoms with E-state index in [0.29, 0.717) is 12.2 Å². The van der Waals surface area contributed by atoms with E-state index in [4.69, 9.17) is 10.2 Å². The molecule has 0 radical (unpaired) electrons. The van der Waals surface area contributed by atoms with Crippen LogP contribution >= 0.6 is 0 Å². The number of urea groups is 1. The Balaban J connectivity index is 1.98. The first-order valence-corrected chi connectivity index (χ1v) is 5.15. The molecule has 1 aromatic heterocycles. The van der Waals surface area contributed by atoms with Gasteiger partial charge in [0.1, 0.15) is 0 Å². The van der Waals surface area contributed by atoms with Gasteiger partial charge in [0.05, 0.1) is 12.5 Å². The number of amides is 2. The van der Waals surface area contributed by atoms with Crippen molar-refractivity contribution in [2.75, 3.05) is 10.6 Å². The molecule has 0 aliphatic rings. The van der Waals surface area contributed by atoms with Crippen LogP contribution in [0.4, 0.5) is 16.2 Å². The van der Waals surface area contributed by atoms with Crippen LogP contribution in [-0.2, 0) is 6.54 Å². The predicted molar refractivity (Wildman–Crippen MR) is 65.7 cm³/mol. The van der Waals surface area contributed by atoms with E-state index in [1.165, 1.54) is 0 Å². The maximum Gasteiger partial charge on any atom is 0.316 e. The summed E-state index contributed by atoms with van der Waals surface area (Å²) in [5.74, 6) is 0. The highest BCUT2D eigenvalue weighted by Gasteiger charge is 1.98. The molecule has 5 nitrogen and oxygen atoms in total. The summed E-state index contributed by atoms with van der Waals surface area (Å²) in [5, 5.41) is 5.73. The number of hydrogen-bond acceptors (Lipinski definition) is 3. The molecular weight excluding hydrogens is 218 g/mol. The second-order valence-electron chi connectivity index (χ2n) is 3.56. The summed E-state index contributed by atoms with van der Waals surface area (Å²) < 4.78 is 4.97. The molecule has 0 bridgehead atoms. The minimum atomic E-state index is -0.572. The number of benzene rings is 1. The van der Waals surface area contributed by atoms with Gasteiger partial charge in [-0.1, -0.05) is 6.07 Å². The van der Waals surface area contributed by atoms with E-state index in [-0.39, 0.29) is 0 Å². The van der Waals surface area contributed by atoms with Crippen LogP contribution in [0.15, 0.2) is 47.3 Å². The Hall–Kier alpha value is -2.43. The summed E-state index contributed by atoms with van der Waals surface area (Å²) >= 11 is 0. The first-order valence-electron chi connectivity index (χ1n) is 5.15. The smallest absolute Gasteiger partial charge is 0.316 e. The number of nitrogens with two attached hydrogens (primary N) is 1. The van der Waals surface area contributed by atoms with Crippen molar-refractivity contribution in [2.24, 2.45) is 5.73 Å². The van der Waals surface area contributed by atoms with Gasteiger partial charge in [0.2, 0.25) is 0 Å². The summed E-state index contributed by atoms with van der Waals surface area (Å²) in [6, 6.07) is 8.64. The zero-order chi connectivity index (χ0) is 12.1. The van der Waals surface area contributed by atoms with Crippen LogP contribution in [0.1, 0.15) is 5.56 Å². The second-order valence-corrected chi connectivity index (χ2v) is 3.56. The van der Waals surface area contributed by atoms with E-state index in [1.54, 1.807) is 18.6 Å². The largest absolute Gasteiger partial charge is 0.472 e. The second kappa shape index (κ2) is 5.07. The lowest BCUT2D eigenvalue weighted by Crippen LogP contribution is -2.19. The van der Waals surface area contributed by atoms with Gasteiger partial charge in [0.25, 0.3) is 0 Å². The average molecular weight is 231 g/mol. The van der Waals surface area contributed by atoms with Gasteiger partial charge in [-0.25, -0.2) is 4.79 Å². The van der Waals surface area contributed by atoms with Crippen LogP contribution in [0.5, 0.6) is 0 Å². The number of furan rings is 1. The van der Waals surface area contributed by atoms with E-state index < -0.39 is 6.03 Å². The Kier molecular flexibility index (Phi) is 3.30. The lowest BCUT2D eigenvalue weighted by molar-refractivity contribution is 0.259. The molecule has 17 heavy (non-hydrogen) atoms. The van der Waals surface area contributed by atoms with E-state index in [1.807, 2.05) is 24.3 Å².